The molecule has 1 rings (SSSR count). The largest absolute Gasteiger partial charge is 0.385 e. The lowest BCUT2D eigenvalue weighted by atomic mass is 9.97. The minimum Gasteiger partial charge on any atom is -0.385 e. The number of ketones is 1. The first-order valence-corrected chi connectivity index (χ1v) is 4.86. The van der Waals surface area contributed by atoms with Crippen LogP contribution in [-0.2, 0) is 9.53 Å². The number of Topliss-reactive ketones (excluding diaryl/α,β-unsaturated/α-hetero) is 1. The highest BCUT2D eigenvalue weighted by atomic mass is 16.5. The first-order chi connectivity index (χ1) is 6.33. The molecule has 74 valence electrons. The molecule has 0 spiro atoms. The smallest absolute Gasteiger partial charge is 0.138 e. The molecule has 0 unspecified atom stereocenters. The molecule has 3 nitrogen and oxygen atoms in total. The Morgan fingerprint density at radius 3 is 3.00 bits per heavy atom. The Labute approximate surface area is 79.2 Å². The van der Waals surface area contributed by atoms with Crippen molar-refractivity contribution in [2.75, 3.05) is 20.3 Å². The molecule has 0 N–H and O–H groups in total. The van der Waals surface area contributed by atoms with Crippen LogP contribution in [0.5, 0.6) is 0 Å². The maximum atomic E-state index is 11.1. The highest BCUT2D eigenvalue weighted by Gasteiger charge is 2.13. The lowest BCUT2D eigenvalue weighted by Gasteiger charge is -2.11. The maximum absolute atomic E-state index is 11.1. The number of hydrogen-bond donors (Lipinski definition) is 0. The van der Waals surface area contributed by atoms with Gasteiger partial charge in [0.2, 0.25) is 0 Å². The fourth-order valence-corrected chi connectivity index (χ4v) is 1.48. The Kier molecular flexibility index (Phi) is 4.68. The predicted molar refractivity (Wildman–Crippen MR) is 52.3 cm³/mol. The van der Waals surface area contributed by atoms with Crippen molar-refractivity contribution in [2.45, 2.75) is 32.1 Å². The van der Waals surface area contributed by atoms with Gasteiger partial charge in [-0.1, -0.05) is 0 Å². The van der Waals surface area contributed by atoms with Crippen LogP contribution in [0, 0.1) is 0 Å². The number of nitrogens with zero attached hydrogens (tertiary/aromatic N) is 1. The van der Waals surface area contributed by atoms with Gasteiger partial charge >= 0.3 is 0 Å². The summed E-state index contributed by atoms with van der Waals surface area (Å²) in [4.78, 5) is 15.4. The third-order valence-corrected chi connectivity index (χ3v) is 2.16. The second-order valence-electron chi connectivity index (χ2n) is 3.36. The van der Waals surface area contributed by atoms with Gasteiger partial charge in [0.15, 0.2) is 0 Å². The molecule has 0 amide bonds. The van der Waals surface area contributed by atoms with Crippen LogP contribution in [0.3, 0.4) is 0 Å². The van der Waals surface area contributed by atoms with E-state index in [4.69, 9.17) is 4.74 Å². The monoisotopic (exact) mass is 183 g/mol. The van der Waals surface area contributed by atoms with Crippen LogP contribution in [0.4, 0.5) is 0 Å². The molecule has 3 heteroatoms. The van der Waals surface area contributed by atoms with Crippen LogP contribution in [0.2, 0.25) is 0 Å². The van der Waals surface area contributed by atoms with E-state index in [0.717, 1.165) is 44.5 Å². The van der Waals surface area contributed by atoms with Gasteiger partial charge in [-0.05, 0) is 19.3 Å². The molecule has 0 radical (unpaired) electrons. The quantitative estimate of drug-likeness (QED) is 0.621. The fraction of sp³-hybridized carbons (Fsp3) is 0.800. The predicted octanol–water partition coefficient (Wildman–Crippen LogP) is 1.61. The number of hydrogen-bond acceptors (Lipinski definition) is 3. The van der Waals surface area contributed by atoms with E-state index in [1.54, 1.807) is 7.11 Å². The minimum atomic E-state index is 0.344. The maximum Gasteiger partial charge on any atom is 0.138 e. The van der Waals surface area contributed by atoms with Gasteiger partial charge in [-0.15, -0.1) is 0 Å². The van der Waals surface area contributed by atoms with Gasteiger partial charge in [-0.2, -0.15) is 0 Å². The van der Waals surface area contributed by atoms with E-state index in [2.05, 4.69) is 4.99 Å². The van der Waals surface area contributed by atoms with Crippen LogP contribution in [0.1, 0.15) is 32.1 Å². The number of aliphatic imine (C=N–C) groups is 1. The van der Waals surface area contributed by atoms with Crippen molar-refractivity contribution in [1.29, 1.82) is 0 Å². The Morgan fingerprint density at radius 2 is 2.31 bits per heavy atom. The molecule has 0 atom stereocenters. The summed E-state index contributed by atoms with van der Waals surface area (Å²) in [6, 6.07) is 0. The van der Waals surface area contributed by atoms with Crippen LogP contribution >= 0.6 is 0 Å². The van der Waals surface area contributed by atoms with E-state index in [1.165, 1.54) is 0 Å². The Morgan fingerprint density at radius 1 is 1.46 bits per heavy atom. The summed E-state index contributed by atoms with van der Waals surface area (Å²) in [7, 11) is 1.69. The summed E-state index contributed by atoms with van der Waals surface area (Å²) in [5.41, 5.74) is 1.09. The number of methoxy groups -OCH3 is 1. The molecule has 0 saturated heterocycles. The molecular weight excluding hydrogens is 166 g/mol. The second-order valence-corrected chi connectivity index (χ2v) is 3.36. The normalized spacial score (nSPS) is 21.0. The standard InChI is InChI=1S/C10H17NO2/c1-13-7-3-6-11-9-4-2-5-10(12)8-9/h2-8H2,1H3. The van der Waals surface area contributed by atoms with Gasteiger partial charge < -0.3 is 4.74 Å². The molecule has 1 fully saturated rings. The lowest BCUT2D eigenvalue weighted by Crippen LogP contribution is -2.14. The van der Waals surface area contributed by atoms with Crippen molar-refractivity contribution in [3.05, 3.63) is 0 Å². The van der Waals surface area contributed by atoms with E-state index in [-0.39, 0.29) is 0 Å². The average Bonchev–Trinajstić information content (AvgIpc) is 2.13. The molecule has 1 aliphatic carbocycles. The molecule has 1 aliphatic rings. The first-order valence-electron chi connectivity index (χ1n) is 4.86. The third kappa shape index (κ3) is 4.18. The van der Waals surface area contributed by atoms with Crippen LogP contribution in [-0.4, -0.2) is 31.8 Å². The van der Waals surface area contributed by atoms with Gasteiger partial charge in [-0.25, -0.2) is 0 Å². The zero-order chi connectivity index (χ0) is 9.52. The summed E-state index contributed by atoms with van der Waals surface area (Å²) in [6.07, 6.45) is 4.29. The summed E-state index contributed by atoms with van der Waals surface area (Å²) < 4.78 is 4.92. The van der Waals surface area contributed by atoms with Gasteiger partial charge in [-0.3, -0.25) is 9.79 Å². The second kappa shape index (κ2) is 5.86. The highest BCUT2D eigenvalue weighted by Crippen LogP contribution is 2.11. The summed E-state index contributed by atoms with van der Waals surface area (Å²) in [5, 5.41) is 0. The SMILES string of the molecule is COCCCN=C1CCCC(=O)C1. The molecule has 13 heavy (non-hydrogen) atoms. The van der Waals surface area contributed by atoms with E-state index >= 15 is 0 Å². The molecular formula is C10H17NO2. The average molecular weight is 183 g/mol. The molecule has 0 bridgehead atoms. The molecule has 1 saturated carbocycles. The van der Waals surface area contributed by atoms with Crippen molar-refractivity contribution < 1.29 is 9.53 Å². The molecule has 0 aromatic heterocycles. The van der Waals surface area contributed by atoms with Crippen molar-refractivity contribution >= 4 is 11.5 Å². The first kappa shape index (κ1) is 10.4. The summed E-state index contributed by atoms with van der Waals surface area (Å²) in [5.74, 6) is 0.344. The van der Waals surface area contributed by atoms with Crippen molar-refractivity contribution in [2.24, 2.45) is 4.99 Å². The van der Waals surface area contributed by atoms with Gasteiger partial charge in [0.1, 0.15) is 5.78 Å². The van der Waals surface area contributed by atoms with E-state index < -0.39 is 0 Å². The molecule has 0 aromatic rings. The van der Waals surface area contributed by atoms with Crippen molar-refractivity contribution in [3.63, 3.8) is 0 Å². The van der Waals surface area contributed by atoms with Crippen LogP contribution < -0.4 is 0 Å². The van der Waals surface area contributed by atoms with E-state index in [0.29, 0.717) is 12.2 Å². The van der Waals surface area contributed by atoms with Crippen molar-refractivity contribution in [1.82, 2.24) is 0 Å². The fourth-order valence-electron chi connectivity index (χ4n) is 1.48. The van der Waals surface area contributed by atoms with Crippen molar-refractivity contribution in [3.8, 4) is 0 Å². The van der Waals surface area contributed by atoms with E-state index in [1.807, 2.05) is 0 Å². The highest BCUT2D eigenvalue weighted by molar-refractivity contribution is 6.03. The third-order valence-electron chi connectivity index (χ3n) is 2.16. The lowest BCUT2D eigenvalue weighted by molar-refractivity contribution is -0.118. The van der Waals surface area contributed by atoms with Gasteiger partial charge in [0, 0.05) is 38.8 Å². The van der Waals surface area contributed by atoms with E-state index in [9.17, 15) is 4.79 Å². The number of carbonyl (C=O) groups excluding carboxylic acids is 1. The summed E-state index contributed by atoms with van der Waals surface area (Å²) in [6.45, 7) is 1.56. The minimum absolute atomic E-state index is 0.344. The number of ether oxygens (including phenoxy) is 1. The Balaban J connectivity index is 2.21. The molecule has 0 aliphatic heterocycles. The van der Waals surface area contributed by atoms with Gasteiger partial charge in [0.25, 0.3) is 0 Å². The van der Waals surface area contributed by atoms with Crippen LogP contribution in [0.15, 0.2) is 4.99 Å². The summed E-state index contributed by atoms with van der Waals surface area (Å²) >= 11 is 0. The Hall–Kier alpha value is -0.700. The zero-order valence-corrected chi connectivity index (χ0v) is 8.21. The van der Waals surface area contributed by atoms with Crippen LogP contribution in [0.25, 0.3) is 0 Å². The topological polar surface area (TPSA) is 38.7 Å². The number of carbonyl (C=O) groups is 1. The molecule has 0 heterocycles. The Bertz CT molecular complexity index is 199. The number of rotatable bonds is 4. The zero-order valence-electron chi connectivity index (χ0n) is 8.21. The van der Waals surface area contributed by atoms with Gasteiger partial charge in [0.05, 0.1) is 0 Å². The molecule has 0 aromatic carbocycles.